The molecule has 9 heteroatoms. The number of rotatable bonds is 7. The Morgan fingerprint density at radius 1 is 1.24 bits per heavy atom. The monoisotopic (exact) mass is 462 g/mol. The van der Waals surface area contributed by atoms with Crippen molar-refractivity contribution in [3.63, 3.8) is 0 Å². The van der Waals surface area contributed by atoms with E-state index in [9.17, 15) is 14.3 Å². The van der Waals surface area contributed by atoms with Crippen molar-refractivity contribution in [1.82, 2.24) is 29.0 Å². The van der Waals surface area contributed by atoms with Crippen molar-refractivity contribution in [3.8, 4) is 11.5 Å². The summed E-state index contributed by atoms with van der Waals surface area (Å²) in [5.41, 5.74) is 2.74. The number of fused-ring (bicyclic) bond motifs is 1. The zero-order valence-corrected chi connectivity index (χ0v) is 19.1. The van der Waals surface area contributed by atoms with E-state index in [4.69, 9.17) is 4.98 Å². The van der Waals surface area contributed by atoms with Crippen LogP contribution in [0, 0.1) is 5.95 Å². The van der Waals surface area contributed by atoms with E-state index >= 15 is 0 Å². The minimum atomic E-state index is -0.552. The van der Waals surface area contributed by atoms with Crippen LogP contribution in [0.5, 0.6) is 0 Å². The van der Waals surface area contributed by atoms with Gasteiger partial charge < -0.3 is 19.1 Å². The number of imidazole rings is 2. The number of hydrogen-bond acceptors (Lipinski definition) is 5. The SMILES string of the molecule is CCCn1c(Cn2ccnc2-c2cccc(F)n2)nc2cc(C(=O)N3CCCC3CO)ccc21. The molecule has 0 bridgehead atoms. The lowest BCUT2D eigenvalue weighted by molar-refractivity contribution is 0.0678. The number of likely N-dealkylation sites (tertiary alicyclic amines) is 1. The zero-order valence-electron chi connectivity index (χ0n) is 19.1. The van der Waals surface area contributed by atoms with Gasteiger partial charge in [-0.15, -0.1) is 0 Å². The first-order valence-corrected chi connectivity index (χ1v) is 11.6. The number of aryl methyl sites for hydroxylation is 1. The van der Waals surface area contributed by atoms with Crippen LogP contribution in [-0.2, 0) is 13.1 Å². The summed E-state index contributed by atoms with van der Waals surface area (Å²) in [6.45, 7) is 3.96. The fraction of sp³-hybridized carbons (Fsp3) is 0.360. The maximum absolute atomic E-state index is 13.7. The van der Waals surface area contributed by atoms with Crippen LogP contribution < -0.4 is 0 Å². The molecule has 1 atom stereocenters. The van der Waals surface area contributed by atoms with E-state index in [1.807, 2.05) is 29.0 Å². The van der Waals surface area contributed by atoms with Gasteiger partial charge in [0.2, 0.25) is 5.95 Å². The van der Waals surface area contributed by atoms with E-state index < -0.39 is 5.95 Å². The summed E-state index contributed by atoms with van der Waals surface area (Å²) in [6.07, 6.45) is 6.15. The van der Waals surface area contributed by atoms with Crippen molar-refractivity contribution in [2.45, 2.75) is 45.3 Å². The Morgan fingerprint density at radius 3 is 2.91 bits per heavy atom. The average Bonchev–Trinajstić information content (AvgIpc) is 3.58. The molecule has 1 aromatic carbocycles. The molecule has 5 rings (SSSR count). The Morgan fingerprint density at radius 2 is 2.12 bits per heavy atom. The lowest BCUT2D eigenvalue weighted by Crippen LogP contribution is -2.37. The maximum atomic E-state index is 13.7. The third kappa shape index (κ3) is 4.07. The molecule has 1 fully saturated rings. The number of aliphatic hydroxyl groups excluding tert-OH is 1. The number of carbonyl (C=O) groups excluding carboxylic acids is 1. The summed E-state index contributed by atoms with van der Waals surface area (Å²) >= 11 is 0. The summed E-state index contributed by atoms with van der Waals surface area (Å²) in [5, 5.41) is 9.60. The van der Waals surface area contributed by atoms with E-state index in [0.717, 1.165) is 42.7 Å². The number of aromatic nitrogens is 5. The molecule has 1 amide bonds. The average molecular weight is 463 g/mol. The van der Waals surface area contributed by atoms with Crippen molar-refractivity contribution in [2.75, 3.05) is 13.2 Å². The van der Waals surface area contributed by atoms with Gasteiger partial charge in [0.15, 0.2) is 5.82 Å². The van der Waals surface area contributed by atoms with Gasteiger partial charge in [0.05, 0.1) is 30.2 Å². The fourth-order valence-electron chi connectivity index (χ4n) is 4.72. The highest BCUT2D eigenvalue weighted by atomic mass is 19.1. The summed E-state index contributed by atoms with van der Waals surface area (Å²) in [7, 11) is 0. The van der Waals surface area contributed by atoms with Crippen LogP contribution in [0.1, 0.15) is 42.4 Å². The molecule has 0 spiro atoms. The number of hydrogen-bond donors (Lipinski definition) is 1. The lowest BCUT2D eigenvalue weighted by atomic mass is 10.1. The molecule has 0 radical (unpaired) electrons. The van der Waals surface area contributed by atoms with E-state index in [-0.39, 0.29) is 18.6 Å². The molecule has 1 aliphatic heterocycles. The Bertz CT molecular complexity index is 1330. The number of nitrogens with zero attached hydrogens (tertiary/aromatic N) is 6. The van der Waals surface area contributed by atoms with Gasteiger partial charge in [-0.05, 0) is 49.6 Å². The van der Waals surface area contributed by atoms with Crippen molar-refractivity contribution in [2.24, 2.45) is 0 Å². The minimum absolute atomic E-state index is 0.0172. The molecule has 0 aliphatic carbocycles. The van der Waals surface area contributed by atoms with Crippen LogP contribution in [0.4, 0.5) is 4.39 Å². The largest absolute Gasteiger partial charge is 0.394 e. The predicted octanol–water partition coefficient (Wildman–Crippen LogP) is 3.49. The molecule has 4 aromatic rings. The molecular formula is C25H27FN6O2. The summed E-state index contributed by atoms with van der Waals surface area (Å²) in [5.74, 6) is 0.768. The van der Waals surface area contributed by atoms with Gasteiger partial charge in [0.1, 0.15) is 11.5 Å². The van der Waals surface area contributed by atoms with Gasteiger partial charge in [-0.3, -0.25) is 4.79 Å². The van der Waals surface area contributed by atoms with Crippen LogP contribution in [0.25, 0.3) is 22.6 Å². The molecule has 1 saturated heterocycles. The Labute approximate surface area is 196 Å². The number of amides is 1. The Hall–Kier alpha value is -3.59. The number of benzene rings is 1. The molecule has 0 saturated carbocycles. The van der Waals surface area contributed by atoms with Gasteiger partial charge in [-0.25, -0.2) is 15.0 Å². The normalized spacial score (nSPS) is 16.0. The molecule has 3 aromatic heterocycles. The first-order valence-electron chi connectivity index (χ1n) is 11.6. The Kier molecular flexibility index (Phi) is 6.10. The molecule has 176 valence electrons. The lowest BCUT2D eigenvalue weighted by Gasteiger charge is -2.23. The number of carbonyl (C=O) groups is 1. The predicted molar refractivity (Wildman–Crippen MR) is 126 cm³/mol. The molecule has 8 nitrogen and oxygen atoms in total. The van der Waals surface area contributed by atoms with Gasteiger partial charge in [-0.1, -0.05) is 13.0 Å². The second kappa shape index (κ2) is 9.34. The Balaban J connectivity index is 1.49. The van der Waals surface area contributed by atoms with Gasteiger partial charge >= 0.3 is 0 Å². The second-order valence-corrected chi connectivity index (χ2v) is 8.58. The number of aliphatic hydroxyl groups is 1. The first kappa shape index (κ1) is 22.2. The van der Waals surface area contributed by atoms with Crippen LogP contribution in [0.3, 0.4) is 0 Å². The van der Waals surface area contributed by atoms with Crippen molar-refractivity contribution in [1.29, 1.82) is 0 Å². The van der Waals surface area contributed by atoms with Crippen molar-refractivity contribution >= 4 is 16.9 Å². The van der Waals surface area contributed by atoms with Crippen LogP contribution in [-0.4, -0.2) is 59.2 Å². The van der Waals surface area contributed by atoms with Gasteiger partial charge in [-0.2, -0.15) is 4.39 Å². The smallest absolute Gasteiger partial charge is 0.254 e. The quantitative estimate of drug-likeness (QED) is 0.425. The third-order valence-electron chi connectivity index (χ3n) is 6.34. The molecule has 1 unspecified atom stereocenters. The molecule has 1 aliphatic rings. The first-order chi connectivity index (χ1) is 16.6. The van der Waals surface area contributed by atoms with Crippen LogP contribution in [0.15, 0.2) is 48.8 Å². The summed E-state index contributed by atoms with van der Waals surface area (Å²) in [6, 6.07) is 10.2. The maximum Gasteiger partial charge on any atom is 0.254 e. The number of halogens is 1. The third-order valence-corrected chi connectivity index (χ3v) is 6.34. The fourth-order valence-corrected chi connectivity index (χ4v) is 4.72. The summed E-state index contributed by atoms with van der Waals surface area (Å²) in [4.78, 5) is 28.1. The molecule has 1 N–H and O–H groups in total. The highest BCUT2D eigenvalue weighted by Crippen LogP contribution is 2.24. The molecular weight excluding hydrogens is 435 g/mol. The second-order valence-electron chi connectivity index (χ2n) is 8.58. The minimum Gasteiger partial charge on any atom is -0.394 e. The van der Waals surface area contributed by atoms with E-state index in [1.165, 1.54) is 6.07 Å². The van der Waals surface area contributed by atoms with Gasteiger partial charge in [0, 0.05) is 31.0 Å². The summed E-state index contributed by atoms with van der Waals surface area (Å²) < 4.78 is 17.7. The molecule has 34 heavy (non-hydrogen) atoms. The molecule has 4 heterocycles. The number of pyridine rings is 1. The van der Waals surface area contributed by atoms with E-state index in [2.05, 4.69) is 21.5 Å². The van der Waals surface area contributed by atoms with Crippen molar-refractivity contribution < 1.29 is 14.3 Å². The van der Waals surface area contributed by atoms with Gasteiger partial charge in [0.25, 0.3) is 5.91 Å². The van der Waals surface area contributed by atoms with E-state index in [1.54, 1.807) is 23.2 Å². The van der Waals surface area contributed by atoms with Crippen molar-refractivity contribution in [3.05, 3.63) is 66.1 Å². The standard InChI is InChI=1S/C25H27FN6O2/c1-2-11-32-21-9-8-17(25(34)31-12-4-5-18(31)16-33)14-20(21)29-23(32)15-30-13-10-27-24(30)19-6-3-7-22(26)28-19/h3,6-10,13-14,18,33H,2,4-5,11-12,15-16H2,1H3. The zero-order chi connectivity index (χ0) is 23.7. The highest BCUT2D eigenvalue weighted by molar-refractivity contribution is 5.97. The van der Waals surface area contributed by atoms with E-state index in [0.29, 0.717) is 30.2 Å². The van der Waals surface area contributed by atoms with Crippen LogP contribution in [0.2, 0.25) is 0 Å². The topological polar surface area (TPSA) is 89.1 Å². The van der Waals surface area contributed by atoms with Crippen LogP contribution >= 0.6 is 0 Å². The highest BCUT2D eigenvalue weighted by Gasteiger charge is 2.29.